The van der Waals surface area contributed by atoms with Gasteiger partial charge in [-0.1, -0.05) is 54.6 Å². The van der Waals surface area contributed by atoms with Gasteiger partial charge in [-0.2, -0.15) is 0 Å². The highest BCUT2D eigenvalue weighted by Gasteiger charge is 2.17. The standard InChI is InChI=1S/C28H19N5O2/c34-26(31-21-13-11-19(12-14-21)24-18-33-16-6-15-29-28(33)32-24)22-9-4-5-10-23(22)27-30-17-25(35-27)20-7-2-1-3-8-20/h1-18H,(H,31,34). The van der Waals surface area contributed by atoms with Crippen molar-refractivity contribution in [1.82, 2.24) is 19.4 Å². The number of nitrogens with one attached hydrogen (secondary N) is 1. The van der Waals surface area contributed by atoms with E-state index in [2.05, 4.69) is 20.3 Å². The molecule has 3 aromatic heterocycles. The summed E-state index contributed by atoms with van der Waals surface area (Å²) in [5.41, 5.74) is 4.44. The third kappa shape index (κ3) is 4.06. The maximum absolute atomic E-state index is 13.2. The number of aromatic nitrogens is 4. The van der Waals surface area contributed by atoms with Gasteiger partial charge in [0.2, 0.25) is 11.7 Å². The number of carbonyl (C=O) groups is 1. The summed E-state index contributed by atoms with van der Waals surface area (Å²) in [5.74, 6) is 1.43. The number of amides is 1. The van der Waals surface area contributed by atoms with Crippen LogP contribution in [0.1, 0.15) is 10.4 Å². The zero-order valence-electron chi connectivity index (χ0n) is 18.5. The lowest BCUT2D eigenvalue weighted by Crippen LogP contribution is -2.13. The van der Waals surface area contributed by atoms with Crippen LogP contribution >= 0.6 is 0 Å². The van der Waals surface area contributed by atoms with Crippen molar-refractivity contribution in [2.75, 3.05) is 5.32 Å². The summed E-state index contributed by atoms with van der Waals surface area (Å²) in [6.07, 6.45) is 7.21. The van der Waals surface area contributed by atoms with Gasteiger partial charge < -0.3 is 9.73 Å². The maximum Gasteiger partial charge on any atom is 0.256 e. The minimum atomic E-state index is -0.246. The molecule has 0 saturated carbocycles. The third-order valence-electron chi connectivity index (χ3n) is 5.64. The highest BCUT2D eigenvalue weighted by molar-refractivity contribution is 6.08. The minimum Gasteiger partial charge on any atom is -0.436 e. The van der Waals surface area contributed by atoms with Crippen LogP contribution in [-0.4, -0.2) is 25.3 Å². The summed E-state index contributed by atoms with van der Waals surface area (Å²) in [7, 11) is 0. The zero-order valence-corrected chi connectivity index (χ0v) is 18.5. The first-order chi connectivity index (χ1) is 17.2. The Morgan fingerprint density at radius 2 is 1.63 bits per heavy atom. The lowest BCUT2D eigenvalue weighted by molar-refractivity contribution is 0.102. The molecule has 0 radical (unpaired) electrons. The van der Waals surface area contributed by atoms with E-state index >= 15 is 0 Å². The van der Waals surface area contributed by atoms with Crippen molar-refractivity contribution in [2.45, 2.75) is 0 Å². The second-order valence-electron chi connectivity index (χ2n) is 7.93. The first-order valence-corrected chi connectivity index (χ1v) is 11.1. The van der Waals surface area contributed by atoms with Gasteiger partial charge >= 0.3 is 0 Å². The van der Waals surface area contributed by atoms with Crippen LogP contribution in [0.2, 0.25) is 0 Å². The molecule has 6 rings (SSSR count). The van der Waals surface area contributed by atoms with Crippen LogP contribution < -0.4 is 5.32 Å². The molecule has 0 aliphatic rings. The molecular formula is C28H19N5O2. The van der Waals surface area contributed by atoms with Gasteiger partial charge in [-0.3, -0.25) is 9.20 Å². The molecular weight excluding hydrogens is 438 g/mol. The van der Waals surface area contributed by atoms with E-state index in [-0.39, 0.29) is 5.91 Å². The summed E-state index contributed by atoms with van der Waals surface area (Å²) in [4.78, 5) is 26.4. The normalized spacial score (nSPS) is 11.0. The molecule has 0 aliphatic heterocycles. The highest BCUT2D eigenvalue weighted by Crippen LogP contribution is 2.29. The molecule has 0 bridgehead atoms. The predicted molar refractivity (Wildman–Crippen MR) is 134 cm³/mol. The molecule has 1 N–H and O–H groups in total. The number of imidazole rings is 1. The Balaban J connectivity index is 1.23. The Morgan fingerprint density at radius 3 is 2.46 bits per heavy atom. The highest BCUT2D eigenvalue weighted by atomic mass is 16.4. The van der Waals surface area contributed by atoms with Crippen LogP contribution in [0.3, 0.4) is 0 Å². The van der Waals surface area contributed by atoms with E-state index in [9.17, 15) is 4.79 Å². The van der Waals surface area contributed by atoms with Gasteiger partial charge in [0.25, 0.3) is 5.91 Å². The van der Waals surface area contributed by atoms with Crippen LogP contribution in [0, 0.1) is 0 Å². The van der Waals surface area contributed by atoms with Gasteiger partial charge in [0, 0.05) is 41.0 Å². The van der Waals surface area contributed by atoms with Gasteiger partial charge in [-0.05, 0) is 30.3 Å². The van der Waals surface area contributed by atoms with Crippen LogP contribution in [-0.2, 0) is 0 Å². The van der Waals surface area contributed by atoms with Crippen LogP contribution in [0.5, 0.6) is 0 Å². The van der Waals surface area contributed by atoms with E-state index in [0.717, 1.165) is 16.8 Å². The molecule has 35 heavy (non-hydrogen) atoms. The average molecular weight is 457 g/mol. The molecule has 0 spiro atoms. The first kappa shape index (κ1) is 20.6. The molecule has 0 unspecified atom stereocenters. The number of benzene rings is 3. The lowest BCUT2D eigenvalue weighted by Gasteiger charge is -2.09. The molecule has 0 atom stereocenters. The fraction of sp³-hybridized carbons (Fsp3) is 0. The SMILES string of the molecule is O=C(Nc1ccc(-c2cn3cccnc3n2)cc1)c1ccccc1-c1ncc(-c2ccccc2)o1. The molecule has 7 nitrogen and oxygen atoms in total. The molecule has 6 aromatic rings. The van der Waals surface area contributed by atoms with Gasteiger partial charge in [0.15, 0.2) is 5.76 Å². The van der Waals surface area contributed by atoms with E-state index in [1.54, 1.807) is 18.5 Å². The number of anilines is 1. The summed E-state index contributed by atoms with van der Waals surface area (Å²) in [6, 6.07) is 26.4. The van der Waals surface area contributed by atoms with E-state index in [1.165, 1.54) is 0 Å². The molecule has 168 valence electrons. The van der Waals surface area contributed by atoms with Crippen molar-refractivity contribution in [2.24, 2.45) is 0 Å². The number of hydrogen-bond acceptors (Lipinski definition) is 5. The van der Waals surface area contributed by atoms with Crippen LogP contribution in [0.25, 0.3) is 39.8 Å². The van der Waals surface area contributed by atoms with Crippen molar-refractivity contribution < 1.29 is 9.21 Å². The number of rotatable bonds is 5. The third-order valence-corrected chi connectivity index (χ3v) is 5.64. The number of nitrogens with zero attached hydrogens (tertiary/aromatic N) is 4. The Hall–Kier alpha value is -5.04. The van der Waals surface area contributed by atoms with Crippen molar-refractivity contribution >= 4 is 17.4 Å². The van der Waals surface area contributed by atoms with Gasteiger partial charge in [0.1, 0.15) is 0 Å². The summed E-state index contributed by atoms with van der Waals surface area (Å²) in [5, 5.41) is 2.97. The van der Waals surface area contributed by atoms with Gasteiger partial charge in [-0.25, -0.2) is 15.0 Å². The fourth-order valence-corrected chi connectivity index (χ4v) is 3.89. The van der Waals surface area contributed by atoms with Crippen LogP contribution in [0.15, 0.2) is 114 Å². The average Bonchev–Trinajstić information content (AvgIpc) is 3.57. The second-order valence-corrected chi connectivity index (χ2v) is 7.93. The fourth-order valence-electron chi connectivity index (χ4n) is 3.89. The van der Waals surface area contributed by atoms with E-state index < -0.39 is 0 Å². The summed E-state index contributed by atoms with van der Waals surface area (Å²) >= 11 is 0. The Labute approximate surface area is 200 Å². The quantitative estimate of drug-likeness (QED) is 0.345. The van der Waals surface area contributed by atoms with Crippen molar-refractivity contribution in [3.63, 3.8) is 0 Å². The first-order valence-electron chi connectivity index (χ1n) is 11.1. The molecule has 0 fully saturated rings. The monoisotopic (exact) mass is 457 g/mol. The molecule has 7 heteroatoms. The van der Waals surface area contributed by atoms with Crippen molar-refractivity contribution in [1.29, 1.82) is 0 Å². The lowest BCUT2D eigenvalue weighted by atomic mass is 10.1. The van der Waals surface area contributed by atoms with Crippen molar-refractivity contribution in [3.8, 4) is 34.0 Å². The Bertz CT molecular complexity index is 1600. The summed E-state index contributed by atoms with van der Waals surface area (Å²) < 4.78 is 7.85. The Morgan fingerprint density at radius 1 is 0.829 bits per heavy atom. The topological polar surface area (TPSA) is 85.3 Å². The predicted octanol–water partition coefficient (Wildman–Crippen LogP) is 5.97. The van der Waals surface area contributed by atoms with Gasteiger partial charge in [-0.15, -0.1) is 0 Å². The van der Waals surface area contributed by atoms with E-state index in [1.807, 2.05) is 95.7 Å². The van der Waals surface area contributed by atoms with Crippen LogP contribution in [0.4, 0.5) is 5.69 Å². The molecule has 3 heterocycles. The largest absolute Gasteiger partial charge is 0.436 e. The molecule has 1 amide bonds. The Kier molecular flexibility index (Phi) is 5.12. The zero-order chi connectivity index (χ0) is 23.6. The second kappa shape index (κ2) is 8.72. The minimum absolute atomic E-state index is 0.246. The molecule has 0 aliphatic carbocycles. The van der Waals surface area contributed by atoms with Gasteiger partial charge in [0.05, 0.1) is 17.5 Å². The van der Waals surface area contributed by atoms with E-state index in [4.69, 9.17) is 4.42 Å². The number of oxazole rings is 1. The smallest absolute Gasteiger partial charge is 0.256 e. The number of carbonyl (C=O) groups excluding carboxylic acids is 1. The van der Waals surface area contributed by atoms with Crippen molar-refractivity contribution in [3.05, 3.63) is 115 Å². The number of hydrogen-bond donors (Lipinski definition) is 1. The molecule has 0 saturated heterocycles. The summed E-state index contributed by atoms with van der Waals surface area (Å²) in [6.45, 7) is 0. The number of fused-ring (bicyclic) bond motifs is 1. The van der Waals surface area contributed by atoms with E-state index in [0.29, 0.717) is 34.2 Å². The maximum atomic E-state index is 13.2. The molecule has 3 aromatic carbocycles.